The molecule has 0 heterocycles. The standard InChI is InChI=1S/C68H49N/c1-67(2)63-23-13-11-21-59(63)61-41-40-58(45-66(61)67)69(56-36-29-48(30-37-56)46-15-5-3-6-16-46)57-38-31-50(32-39-57)53-33-42-65-62(44-53)60-22-12-14-24-64(60)68(65,54-19-7-4-8-20-54)55-34-27-49(28-35-55)52-26-25-47-17-9-10-18-51(47)43-52/h3-45H,1-2H3. The third kappa shape index (κ3) is 6.53. The van der Waals surface area contributed by atoms with Crippen molar-refractivity contribution in [3.8, 4) is 55.6 Å². The number of hydrogen-bond acceptors (Lipinski definition) is 1. The first kappa shape index (κ1) is 40.7. The van der Waals surface area contributed by atoms with Gasteiger partial charge in [0, 0.05) is 22.5 Å². The van der Waals surface area contributed by atoms with Crippen LogP contribution in [-0.2, 0) is 10.8 Å². The molecule has 11 aromatic carbocycles. The SMILES string of the molecule is CC1(C)c2ccccc2-c2ccc(N(c3ccc(-c4ccccc4)cc3)c3ccc(-c4ccc5c(c4)-c4ccccc4C5(c4ccccc4)c4ccc(-c5ccc6ccccc6c5)cc4)cc3)cc21. The molecule has 0 radical (unpaired) electrons. The van der Waals surface area contributed by atoms with Crippen molar-refractivity contribution in [2.45, 2.75) is 24.7 Å². The van der Waals surface area contributed by atoms with E-state index in [4.69, 9.17) is 0 Å². The highest BCUT2D eigenvalue weighted by Crippen LogP contribution is 2.57. The number of anilines is 3. The smallest absolute Gasteiger partial charge is 0.0713 e. The van der Waals surface area contributed by atoms with E-state index in [1.54, 1.807) is 0 Å². The number of benzene rings is 11. The van der Waals surface area contributed by atoms with Gasteiger partial charge in [0.1, 0.15) is 0 Å². The molecule has 0 bridgehead atoms. The van der Waals surface area contributed by atoms with Crippen molar-refractivity contribution in [3.63, 3.8) is 0 Å². The van der Waals surface area contributed by atoms with E-state index in [0.717, 1.165) is 17.1 Å². The van der Waals surface area contributed by atoms with Crippen molar-refractivity contribution in [1.29, 1.82) is 0 Å². The molecule has 0 saturated carbocycles. The number of hydrogen-bond donors (Lipinski definition) is 0. The van der Waals surface area contributed by atoms with Crippen molar-refractivity contribution in [3.05, 3.63) is 294 Å². The summed E-state index contributed by atoms with van der Waals surface area (Å²) < 4.78 is 0. The summed E-state index contributed by atoms with van der Waals surface area (Å²) in [5, 5.41) is 2.51. The summed E-state index contributed by atoms with van der Waals surface area (Å²) in [6.45, 7) is 4.72. The lowest BCUT2D eigenvalue weighted by Crippen LogP contribution is -2.28. The van der Waals surface area contributed by atoms with Crippen molar-refractivity contribution >= 4 is 27.8 Å². The molecule has 1 atom stereocenters. The Bertz CT molecular complexity index is 3720. The minimum absolute atomic E-state index is 0.111. The summed E-state index contributed by atoms with van der Waals surface area (Å²) in [6.07, 6.45) is 0. The zero-order valence-corrected chi connectivity index (χ0v) is 38.8. The Kier molecular flexibility index (Phi) is 9.49. The topological polar surface area (TPSA) is 3.24 Å². The van der Waals surface area contributed by atoms with Crippen LogP contribution in [0.3, 0.4) is 0 Å². The Hall–Kier alpha value is -8.52. The third-order valence-electron chi connectivity index (χ3n) is 15.2. The van der Waals surface area contributed by atoms with E-state index in [0.29, 0.717) is 0 Å². The molecule has 13 rings (SSSR count). The third-order valence-corrected chi connectivity index (χ3v) is 15.2. The van der Waals surface area contributed by atoms with Crippen molar-refractivity contribution < 1.29 is 0 Å². The summed E-state index contributed by atoms with van der Waals surface area (Å²) in [4.78, 5) is 2.41. The van der Waals surface area contributed by atoms with Crippen LogP contribution in [0.15, 0.2) is 261 Å². The molecule has 0 saturated heterocycles. The quantitative estimate of drug-likeness (QED) is 0.147. The molecular weight excluding hydrogens is 831 g/mol. The van der Waals surface area contributed by atoms with Gasteiger partial charge in [-0.2, -0.15) is 0 Å². The maximum Gasteiger partial charge on any atom is 0.0713 e. The monoisotopic (exact) mass is 879 g/mol. The average molecular weight is 880 g/mol. The Morgan fingerprint density at radius 1 is 0.261 bits per heavy atom. The van der Waals surface area contributed by atoms with Gasteiger partial charge in [0.25, 0.3) is 0 Å². The van der Waals surface area contributed by atoms with Gasteiger partial charge in [-0.25, -0.2) is 0 Å². The zero-order valence-electron chi connectivity index (χ0n) is 38.8. The maximum absolute atomic E-state index is 2.43. The second-order valence-electron chi connectivity index (χ2n) is 19.3. The van der Waals surface area contributed by atoms with Gasteiger partial charge >= 0.3 is 0 Å². The van der Waals surface area contributed by atoms with Crippen LogP contribution in [0, 0.1) is 0 Å². The summed E-state index contributed by atoms with van der Waals surface area (Å²) >= 11 is 0. The van der Waals surface area contributed by atoms with E-state index in [1.807, 2.05) is 0 Å². The lowest BCUT2D eigenvalue weighted by Gasteiger charge is -2.34. The fourth-order valence-electron chi connectivity index (χ4n) is 11.7. The lowest BCUT2D eigenvalue weighted by atomic mass is 9.67. The van der Waals surface area contributed by atoms with Gasteiger partial charge in [0.2, 0.25) is 0 Å². The molecule has 69 heavy (non-hydrogen) atoms. The molecule has 2 aliphatic carbocycles. The highest BCUT2D eigenvalue weighted by molar-refractivity contribution is 5.91. The van der Waals surface area contributed by atoms with E-state index in [-0.39, 0.29) is 5.41 Å². The number of nitrogens with zero attached hydrogens (tertiary/aromatic N) is 1. The Morgan fingerprint density at radius 3 is 1.41 bits per heavy atom. The highest BCUT2D eigenvalue weighted by Gasteiger charge is 2.46. The molecule has 0 aliphatic heterocycles. The van der Waals surface area contributed by atoms with Crippen molar-refractivity contribution in [2.24, 2.45) is 0 Å². The largest absolute Gasteiger partial charge is 0.310 e. The number of fused-ring (bicyclic) bond motifs is 7. The molecule has 326 valence electrons. The minimum Gasteiger partial charge on any atom is -0.310 e. The second-order valence-corrected chi connectivity index (χ2v) is 19.3. The van der Waals surface area contributed by atoms with Crippen molar-refractivity contribution in [1.82, 2.24) is 0 Å². The predicted octanol–water partition coefficient (Wildman–Crippen LogP) is 18.0. The second kappa shape index (κ2) is 16.1. The molecule has 0 fully saturated rings. The molecule has 2 aliphatic rings. The Labute approximate surface area is 405 Å². The van der Waals surface area contributed by atoms with Crippen LogP contribution in [0.1, 0.15) is 47.2 Å². The molecule has 0 N–H and O–H groups in total. The Balaban J connectivity index is 0.899. The van der Waals surface area contributed by atoms with E-state index < -0.39 is 5.41 Å². The molecule has 0 spiro atoms. The lowest BCUT2D eigenvalue weighted by molar-refractivity contribution is 0.660. The van der Waals surface area contributed by atoms with E-state index >= 15 is 0 Å². The van der Waals surface area contributed by atoms with Crippen LogP contribution in [0.5, 0.6) is 0 Å². The van der Waals surface area contributed by atoms with Crippen LogP contribution in [0.4, 0.5) is 17.1 Å². The van der Waals surface area contributed by atoms with Gasteiger partial charge in [0.05, 0.1) is 5.41 Å². The van der Waals surface area contributed by atoms with Crippen LogP contribution < -0.4 is 4.90 Å². The summed E-state index contributed by atoms with van der Waals surface area (Å²) in [7, 11) is 0. The molecule has 1 unspecified atom stereocenters. The maximum atomic E-state index is 2.43. The van der Waals surface area contributed by atoms with Gasteiger partial charge in [-0.3, -0.25) is 0 Å². The fraction of sp³-hybridized carbons (Fsp3) is 0.0588. The summed E-state index contributed by atoms with van der Waals surface area (Å²) in [5.74, 6) is 0. The van der Waals surface area contributed by atoms with Crippen LogP contribution >= 0.6 is 0 Å². The number of rotatable bonds is 8. The van der Waals surface area contributed by atoms with E-state index in [2.05, 4.69) is 280 Å². The molecule has 0 aromatic heterocycles. The van der Waals surface area contributed by atoms with Gasteiger partial charge in [-0.05, 0) is 148 Å². The molecule has 1 nitrogen and oxygen atoms in total. The minimum atomic E-state index is -0.486. The first-order valence-corrected chi connectivity index (χ1v) is 24.2. The van der Waals surface area contributed by atoms with Crippen LogP contribution in [0.2, 0.25) is 0 Å². The van der Waals surface area contributed by atoms with Crippen molar-refractivity contribution in [2.75, 3.05) is 4.90 Å². The van der Waals surface area contributed by atoms with E-state index in [1.165, 1.54) is 99.8 Å². The Morgan fingerprint density at radius 2 is 0.710 bits per heavy atom. The zero-order chi connectivity index (χ0) is 46.1. The first-order valence-electron chi connectivity index (χ1n) is 24.2. The first-order chi connectivity index (χ1) is 33.9. The summed E-state index contributed by atoms with van der Waals surface area (Å²) in [6, 6.07) is 96.8. The summed E-state index contributed by atoms with van der Waals surface area (Å²) in [5.41, 5.74) is 23.1. The van der Waals surface area contributed by atoms with Crippen LogP contribution in [0.25, 0.3) is 66.4 Å². The fourth-order valence-corrected chi connectivity index (χ4v) is 11.7. The normalized spacial score (nSPS) is 15.0. The highest BCUT2D eigenvalue weighted by atomic mass is 15.1. The predicted molar refractivity (Wildman–Crippen MR) is 290 cm³/mol. The molecule has 0 amide bonds. The van der Waals surface area contributed by atoms with Crippen LogP contribution in [-0.4, -0.2) is 0 Å². The van der Waals surface area contributed by atoms with Gasteiger partial charge in [0.15, 0.2) is 0 Å². The van der Waals surface area contributed by atoms with E-state index in [9.17, 15) is 0 Å². The van der Waals surface area contributed by atoms with Gasteiger partial charge < -0.3 is 4.90 Å². The molecular formula is C68H49N. The molecule has 1 heteroatoms. The van der Waals surface area contributed by atoms with Gasteiger partial charge in [-0.15, -0.1) is 0 Å². The van der Waals surface area contributed by atoms with Gasteiger partial charge in [-0.1, -0.05) is 226 Å². The average Bonchev–Trinajstić information content (AvgIpc) is 3.84. The molecule has 11 aromatic rings.